The van der Waals surface area contributed by atoms with Gasteiger partial charge in [-0.25, -0.2) is 0 Å². The maximum absolute atomic E-state index is 7.43. The van der Waals surface area contributed by atoms with Crippen LogP contribution in [0, 0.1) is 12.3 Å². The van der Waals surface area contributed by atoms with Crippen molar-refractivity contribution in [3.05, 3.63) is 42.1 Å². The Balaban J connectivity index is 2.58. The highest BCUT2D eigenvalue weighted by atomic mass is 14.8. The van der Waals surface area contributed by atoms with Crippen molar-refractivity contribution in [2.24, 2.45) is 0 Å². The normalized spacial score (nSPS) is 10.4. The van der Waals surface area contributed by atoms with Crippen LogP contribution in [0.5, 0.6) is 0 Å². The lowest BCUT2D eigenvalue weighted by Crippen LogP contribution is -1.93. The van der Waals surface area contributed by atoms with E-state index < -0.39 is 0 Å². The summed E-state index contributed by atoms with van der Waals surface area (Å²) in [5.74, 6) is 0. The van der Waals surface area contributed by atoms with Crippen molar-refractivity contribution in [1.82, 2.24) is 0 Å². The second-order valence-electron chi connectivity index (χ2n) is 3.17. The van der Waals surface area contributed by atoms with Gasteiger partial charge < -0.3 is 10.7 Å². The van der Waals surface area contributed by atoms with Gasteiger partial charge in [0, 0.05) is 17.6 Å². The van der Waals surface area contributed by atoms with Crippen LogP contribution in [0.4, 0.5) is 5.69 Å². The third-order valence-corrected chi connectivity index (χ3v) is 2.05. The van der Waals surface area contributed by atoms with Gasteiger partial charge >= 0.3 is 0 Å². The van der Waals surface area contributed by atoms with Crippen LogP contribution in [0.15, 0.2) is 36.5 Å². The zero-order valence-electron chi connectivity index (χ0n) is 8.67. The second kappa shape index (κ2) is 5.22. The number of allylic oxidation sites excluding steroid dienone is 1. The molecule has 0 saturated carbocycles. The monoisotopic (exact) mass is 188 g/mol. The van der Waals surface area contributed by atoms with Crippen molar-refractivity contribution in [1.29, 1.82) is 5.41 Å². The molecule has 2 heteroatoms. The summed E-state index contributed by atoms with van der Waals surface area (Å²) < 4.78 is 0. The van der Waals surface area contributed by atoms with E-state index >= 15 is 0 Å². The third-order valence-electron chi connectivity index (χ3n) is 2.05. The van der Waals surface area contributed by atoms with Gasteiger partial charge in [-0.1, -0.05) is 25.1 Å². The molecule has 0 aliphatic rings. The molecule has 0 fully saturated rings. The van der Waals surface area contributed by atoms with Gasteiger partial charge in [0.25, 0.3) is 0 Å². The van der Waals surface area contributed by atoms with Crippen molar-refractivity contribution in [3.63, 3.8) is 0 Å². The topological polar surface area (TPSA) is 35.9 Å². The highest BCUT2D eigenvalue weighted by Gasteiger charge is 1.91. The van der Waals surface area contributed by atoms with Crippen molar-refractivity contribution in [2.45, 2.75) is 20.3 Å². The molecule has 0 atom stereocenters. The fourth-order valence-corrected chi connectivity index (χ4v) is 1.08. The Morgan fingerprint density at radius 3 is 2.79 bits per heavy atom. The van der Waals surface area contributed by atoms with Crippen LogP contribution in [0.1, 0.15) is 18.9 Å². The summed E-state index contributed by atoms with van der Waals surface area (Å²) >= 11 is 0. The Kier molecular flexibility index (Phi) is 3.92. The number of rotatable bonds is 4. The van der Waals surface area contributed by atoms with Crippen LogP contribution in [0.2, 0.25) is 0 Å². The van der Waals surface area contributed by atoms with Crippen molar-refractivity contribution in [3.8, 4) is 0 Å². The summed E-state index contributed by atoms with van der Waals surface area (Å²) in [6.45, 7) is 4.03. The number of hydrogen-bond acceptors (Lipinski definition) is 2. The average Bonchev–Trinajstić information content (AvgIpc) is 2.20. The minimum atomic E-state index is 0.631. The van der Waals surface area contributed by atoms with E-state index in [-0.39, 0.29) is 0 Å². The summed E-state index contributed by atoms with van der Waals surface area (Å²) in [5.41, 5.74) is 2.93. The number of hydrogen-bond donors (Lipinski definition) is 2. The van der Waals surface area contributed by atoms with Crippen molar-refractivity contribution in [2.75, 3.05) is 5.32 Å². The summed E-state index contributed by atoms with van der Waals surface area (Å²) in [6, 6.07) is 8.09. The van der Waals surface area contributed by atoms with Crippen molar-refractivity contribution < 1.29 is 0 Å². The summed E-state index contributed by atoms with van der Waals surface area (Å²) in [5, 5.41) is 10.6. The molecule has 1 aromatic carbocycles. The van der Waals surface area contributed by atoms with Crippen LogP contribution >= 0.6 is 0 Å². The zero-order chi connectivity index (χ0) is 10.4. The highest BCUT2D eigenvalue weighted by molar-refractivity contribution is 5.92. The lowest BCUT2D eigenvalue weighted by Gasteiger charge is -2.03. The molecule has 0 spiro atoms. The van der Waals surface area contributed by atoms with Crippen LogP contribution in [0.25, 0.3) is 0 Å². The first-order chi connectivity index (χ1) is 6.74. The Morgan fingerprint density at radius 1 is 1.43 bits per heavy atom. The number of benzene rings is 1. The number of aryl methyl sites for hydroxylation is 1. The lowest BCUT2D eigenvalue weighted by atomic mass is 10.2. The fraction of sp³-hybridized carbons (Fsp3) is 0.250. The Labute approximate surface area is 85.2 Å². The molecule has 74 valence electrons. The molecular formula is C12H16N2. The van der Waals surface area contributed by atoms with Crippen LogP contribution in [0.3, 0.4) is 0 Å². The molecule has 14 heavy (non-hydrogen) atoms. The fourth-order valence-electron chi connectivity index (χ4n) is 1.08. The molecule has 2 nitrogen and oxygen atoms in total. The van der Waals surface area contributed by atoms with E-state index in [4.69, 9.17) is 5.41 Å². The van der Waals surface area contributed by atoms with Gasteiger partial charge in [0.15, 0.2) is 0 Å². The van der Waals surface area contributed by atoms with E-state index in [1.165, 1.54) is 5.56 Å². The van der Waals surface area contributed by atoms with Gasteiger partial charge in [0.05, 0.1) is 0 Å². The van der Waals surface area contributed by atoms with Crippen LogP contribution in [-0.4, -0.2) is 5.71 Å². The number of nitrogens with one attached hydrogen (secondary N) is 2. The summed E-state index contributed by atoms with van der Waals surface area (Å²) in [7, 11) is 0. The molecule has 0 saturated heterocycles. The molecule has 0 aliphatic heterocycles. The SMILES string of the molecule is CCC(=N)/C=C\Nc1ccccc1C. The van der Waals surface area contributed by atoms with Gasteiger partial charge in [0.2, 0.25) is 0 Å². The van der Waals surface area contributed by atoms with Gasteiger partial charge in [-0.15, -0.1) is 0 Å². The standard InChI is InChI=1S/C12H16N2/c1-3-11(13)8-9-14-12-7-5-4-6-10(12)2/h4-9,13-14H,3H2,1-2H3/b9-8-,13-11?. The predicted molar refractivity (Wildman–Crippen MR) is 62.0 cm³/mol. The number of anilines is 1. The van der Waals surface area contributed by atoms with Gasteiger partial charge in [-0.05, 0) is 31.1 Å². The minimum absolute atomic E-state index is 0.631. The molecular weight excluding hydrogens is 172 g/mol. The highest BCUT2D eigenvalue weighted by Crippen LogP contribution is 2.12. The van der Waals surface area contributed by atoms with E-state index in [9.17, 15) is 0 Å². The first-order valence-corrected chi connectivity index (χ1v) is 4.80. The minimum Gasteiger partial charge on any atom is -0.361 e. The molecule has 0 radical (unpaired) electrons. The zero-order valence-corrected chi connectivity index (χ0v) is 8.67. The molecule has 1 rings (SSSR count). The lowest BCUT2D eigenvalue weighted by molar-refractivity contribution is 1.25. The van der Waals surface area contributed by atoms with E-state index in [1.54, 1.807) is 6.08 Å². The van der Waals surface area contributed by atoms with E-state index in [2.05, 4.69) is 18.3 Å². The van der Waals surface area contributed by atoms with Crippen LogP contribution in [-0.2, 0) is 0 Å². The summed E-state index contributed by atoms with van der Waals surface area (Å²) in [6.07, 6.45) is 4.37. The third kappa shape index (κ3) is 3.05. The van der Waals surface area contributed by atoms with Gasteiger partial charge in [0.1, 0.15) is 0 Å². The largest absolute Gasteiger partial charge is 0.361 e. The Hall–Kier alpha value is -1.57. The van der Waals surface area contributed by atoms with E-state index in [0.717, 1.165) is 12.1 Å². The Bertz CT molecular complexity index is 340. The second-order valence-corrected chi connectivity index (χ2v) is 3.17. The quantitative estimate of drug-likeness (QED) is 0.698. The van der Waals surface area contributed by atoms with Gasteiger partial charge in [-0.2, -0.15) is 0 Å². The maximum Gasteiger partial charge on any atom is 0.0409 e. The molecule has 0 amide bonds. The first kappa shape index (κ1) is 10.5. The van der Waals surface area contributed by atoms with E-state index in [0.29, 0.717) is 5.71 Å². The smallest absolute Gasteiger partial charge is 0.0409 e. The molecule has 2 N–H and O–H groups in total. The molecule has 0 aromatic heterocycles. The molecule has 0 aliphatic carbocycles. The molecule has 0 heterocycles. The van der Waals surface area contributed by atoms with Crippen LogP contribution < -0.4 is 5.32 Å². The average molecular weight is 188 g/mol. The molecule has 1 aromatic rings. The van der Waals surface area contributed by atoms with Gasteiger partial charge in [-0.3, -0.25) is 0 Å². The maximum atomic E-state index is 7.43. The molecule has 0 unspecified atom stereocenters. The predicted octanol–water partition coefficient (Wildman–Crippen LogP) is 3.35. The first-order valence-electron chi connectivity index (χ1n) is 4.80. The molecule has 0 bridgehead atoms. The Morgan fingerprint density at radius 2 is 2.14 bits per heavy atom. The van der Waals surface area contributed by atoms with E-state index in [1.807, 2.05) is 31.3 Å². The van der Waals surface area contributed by atoms with Crippen molar-refractivity contribution >= 4 is 11.4 Å². The number of para-hydroxylation sites is 1. The summed E-state index contributed by atoms with van der Waals surface area (Å²) in [4.78, 5) is 0.